The number of rotatable bonds is 0. The van der Waals surface area contributed by atoms with Crippen molar-refractivity contribution in [3.8, 4) is 11.4 Å². The molecule has 4 heteroatoms. The van der Waals surface area contributed by atoms with Crippen LogP contribution < -0.4 is 22.7 Å². The largest absolute Gasteiger partial charge is 1.00 e. The minimum absolute atomic E-state index is 0. The van der Waals surface area contributed by atoms with Crippen LogP contribution in [0.1, 0.15) is 5.56 Å². The molecule has 0 saturated heterocycles. The van der Waals surface area contributed by atoms with Gasteiger partial charge in [-0.2, -0.15) is 4.57 Å². The fourth-order valence-electron chi connectivity index (χ4n) is 3.74. The summed E-state index contributed by atoms with van der Waals surface area (Å²) in [6.07, 6.45) is 1.05. The van der Waals surface area contributed by atoms with Crippen molar-refractivity contribution in [3.63, 3.8) is 0 Å². The fraction of sp³-hybridized carbons (Fsp3) is 0.105. The Kier molecular flexibility index (Phi) is 3.06. The molecule has 2 aromatic carbocycles. The summed E-state index contributed by atoms with van der Waals surface area (Å²) in [5.74, 6) is 0. The maximum Gasteiger partial charge on any atom is 0.231 e. The number of anilines is 1. The van der Waals surface area contributed by atoms with Crippen molar-refractivity contribution in [1.29, 1.82) is 0 Å². The number of nitrogen functional groups attached to an aromatic ring is 1. The Morgan fingerprint density at radius 3 is 2.57 bits per heavy atom. The number of nitrogens with zero attached hydrogens (tertiary/aromatic N) is 1. The number of benzene rings is 2. The standard InChI is InChI=1S/C19H15N3.ClH/c20-15-11-18-19-13(12-5-1-3-7-16(12)21-19)9-10-22(18)17-8-4-2-6-14(15)17;/h1-8,11H,9-10H2,(H2,20,21);1H. The summed E-state index contributed by atoms with van der Waals surface area (Å²) in [5.41, 5.74) is 13.4. The minimum Gasteiger partial charge on any atom is -1.00 e. The van der Waals surface area contributed by atoms with E-state index in [-0.39, 0.29) is 12.4 Å². The number of nitrogens with two attached hydrogens (primary N) is 1. The lowest BCUT2D eigenvalue weighted by molar-refractivity contribution is -0.661. The van der Waals surface area contributed by atoms with E-state index >= 15 is 0 Å². The van der Waals surface area contributed by atoms with Crippen LogP contribution in [-0.2, 0) is 13.0 Å². The normalized spacial score (nSPS) is 12.7. The molecule has 0 unspecified atom stereocenters. The number of aromatic amines is 1. The van der Waals surface area contributed by atoms with E-state index in [2.05, 4.69) is 58.1 Å². The van der Waals surface area contributed by atoms with Gasteiger partial charge in [0.15, 0.2) is 6.54 Å². The highest BCUT2D eigenvalue weighted by Crippen LogP contribution is 2.34. The van der Waals surface area contributed by atoms with Gasteiger partial charge in [-0.25, -0.2) is 0 Å². The van der Waals surface area contributed by atoms with Gasteiger partial charge in [-0.05, 0) is 17.7 Å². The maximum absolute atomic E-state index is 6.30. The lowest BCUT2D eigenvalue weighted by Gasteiger charge is -2.14. The second-order valence-corrected chi connectivity index (χ2v) is 5.93. The number of aryl methyl sites for hydroxylation is 2. The number of pyridine rings is 1. The first-order valence-corrected chi connectivity index (χ1v) is 7.64. The van der Waals surface area contributed by atoms with Crippen LogP contribution in [0.3, 0.4) is 0 Å². The van der Waals surface area contributed by atoms with Gasteiger partial charge in [-0.1, -0.05) is 30.3 Å². The number of nitrogens with one attached hydrogen (secondary N) is 1. The van der Waals surface area contributed by atoms with E-state index in [4.69, 9.17) is 5.73 Å². The van der Waals surface area contributed by atoms with Gasteiger partial charge in [0.05, 0.1) is 11.1 Å². The van der Waals surface area contributed by atoms with Crippen LogP contribution in [0, 0.1) is 0 Å². The summed E-state index contributed by atoms with van der Waals surface area (Å²) in [7, 11) is 0. The lowest BCUT2D eigenvalue weighted by atomic mass is 10.00. The third-order valence-electron chi connectivity index (χ3n) is 4.74. The molecule has 2 aromatic heterocycles. The number of hydrogen-bond acceptors (Lipinski definition) is 1. The van der Waals surface area contributed by atoms with Gasteiger partial charge in [0.2, 0.25) is 11.2 Å². The Hall–Kier alpha value is -2.52. The monoisotopic (exact) mass is 321 g/mol. The van der Waals surface area contributed by atoms with Crippen LogP contribution in [0.2, 0.25) is 0 Å². The van der Waals surface area contributed by atoms with Gasteiger partial charge >= 0.3 is 0 Å². The van der Waals surface area contributed by atoms with Gasteiger partial charge in [0.25, 0.3) is 0 Å². The molecule has 3 N–H and O–H groups in total. The van der Waals surface area contributed by atoms with E-state index in [1.165, 1.54) is 33.4 Å². The van der Waals surface area contributed by atoms with Crippen molar-refractivity contribution in [1.82, 2.24) is 4.98 Å². The first-order valence-electron chi connectivity index (χ1n) is 7.64. The summed E-state index contributed by atoms with van der Waals surface area (Å²) in [6, 6.07) is 19.0. The number of fused-ring (bicyclic) bond motifs is 7. The van der Waals surface area contributed by atoms with Crippen molar-refractivity contribution >= 4 is 27.5 Å². The SMILES string of the molecule is Nc1cc2[n+](c3ccccc13)CCc1c-2[nH]c2ccccc12.[Cl-]. The molecule has 3 heterocycles. The van der Waals surface area contributed by atoms with Gasteiger partial charge in [0.1, 0.15) is 5.69 Å². The molecule has 4 aromatic rings. The smallest absolute Gasteiger partial charge is 0.231 e. The second-order valence-electron chi connectivity index (χ2n) is 5.93. The van der Waals surface area contributed by atoms with E-state index in [9.17, 15) is 0 Å². The molecule has 0 amide bonds. The molecule has 0 bridgehead atoms. The third kappa shape index (κ3) is 1.87. The Morgan fingerprint density at radius 2 is 1.70 bits per heavy atom. The topological polar surface area (TPSA) is 45.7 Å². The lowest BCUT2D eigenvalue weighted by Crippen LogP contribution is -3.00. The highest BCUT2D eigenvalue weighted by molar-refractivity contribution is 5.93. The van der Waals surface area contributed by atoms with Gasteiger partial charge in [-0.15, -0.1) is 0 Å². The maximum atomic E-state index is 6.30. The van der Waals surface area contributed by atoms with Crippen LogP contribution in [-0.4, -0.2) is 4.98 Å². The molecular formula is C19H16ClN3. The summed E-state index contributed by atoms with van der Waals surface area (Å²) >= 11 is 0. The van der Waals surface area contributed by atoms with E-state index in [1.807, 2.05) is 6.07 Å². The molecular weight excluding hydrogens is 306 g/mol. The van der Waals surface area contributed by atoms with Crippen LogP contribution in [0.25, 0.3) is 33.2 Å². The molecule has 0 fully saturated rings. The van der Waals surface area contributed by atoms with Crippen LogP contribution >= 0.6 is 0 Å². The van der Waals surface area contributed by atoms with Crippen molar-refractivity contribution in [2.75, 3.05) is 5.73 Å². The zero-order valence-corrected chi connectivity index (χ0v) is 13.3. The number of para-hydroxylation sites is 2. The minimum atomic E-state index is 0. The number of hydrogen-bond donors (Lipinski definition) is 2. The summed E-state index contributed by atoms with van der Waals surface area (Å²) in [6.45, 7) is 0.991. The molecule has 0 atom stereocenters. The Balaban J connectivity index is 0.00000135. The second kappa shape index (κ2) is 5.00. The number of aromatic nitrogens is 2. The molecule has 114 valence electrons. The average molecular weight is 322 g/mol. The predicted octanol–water partition coefficient (Wildman–Crippen LogP) is 0.418. The van der Waals surface area contributed by atoms with Crippen molar-refractivity contribution < 1.29 is 17.0 Å². The summed E-state index contributed by atoms with van der Waals surface area (Å²) in [5, 5.41) is 2.46. The number of halogens is 1. The zero-order chi connectivity index (χ0) is 14.7. The molecule has 3 nitrogen and oxygen atoms in total. The Morgan fingerprint density at radius 1 is 0.957 bits per heavy atom. The van der Waals surface area contributed by atoms with Gasteiger partial charge < -0.3 is 23.1 Å². The summed E-state index contributed by atoms with van der Waals surface area (Å²) < 4.78 is 2.38. The van der Waals surface area contributed by atoms with Crippen LogP contribution in [0.5, 0.6) is 0 Å². The van der Waals surface area contributed by atoms with Crippen LogP contribution in [0.15, 0.2) is 54.6 Å². The van der Waals surface area contributed by atoms with Gasteiger partial charge in [0, 0.05) is 29.5 Å². The molecule has 0 aliphatic carbocycles. The summed E-state index contributed by atoms with van der Waals surface area (Å²) in [4.78, 5) is 3.59. The first kappa shape index (κ1) is 14.1. The van der Waals surface area contributed by atoms with Crippen molar-refractivity contribution in [3.05, 3.63) is 60.2 Å². The molecule has 23 heavy (non-hydrogen) atoms. The van der Waals surface area contributed by atoms with E-state index in [0.717, 1.165) is 24.0 Å². The molecule has 5 rings (SSSR count). The quantitative estimate of drug-likeness (QED) is 0.453. The van der Waals surface area contributed by atoms with E-state index in [1.54, 1.807) is 0 Å². The Labute approximate surface area is 140 Å². The molecule has 0 saturated carbocycles. The van der Waals surface area contributed by atoms with Gasteiger partial charge in [-0.3, -0.25) is 0 Å². The average Bonchev–Trinajstić information content (AvgIpc) is 2.94. The van der Waals surface area contributed by atoms with Crippen molar-refractivity contribution in [2.45, 2.75) is 13.0 Å². The highest BCUT2D eigenvalue weighted by atomic mass is 35.5. The van der Waals surface area contributed by atoms with E-state index in [0.29, 0.717) is 0 Å². The zero-order valence-electron chi connectivity index (χ0n) is 12.5. The number of H-pyrrole nitrogens is 1. The molecule has 1 aliphatic heterocycles. The molecule has 1 aliphatic rings. The predicted molar refractivity (Wildman–Crippen MR) is 89.6 cm³/mol. The fourth-order valence-corrected chi connectivity index (χ4v) is 3.74. The first-order chi connectivity index (χ1) is 10.8. The van der Waals surface area contributed by atoms with E-state index < -0.39 is 0 Å². The molecule has 0 spiro atoms. The highest BCUT2D eigenvalue weighted by Gasteiger charge is 2.29. The Bertz CT molecular complexity index is 1050. The third-order valence-corrected chi connectivity index (χ3v) is 4.74. The van der Waals surface area contributed by atoms with Crippen molar-refractivity contribution in [2.24, 2.45) is 0 Å². The van der Waals surface area contributed by atoms with Crippen LogP contribution in [0.4, 0.5) is 5.69 Å². The molecule has 0 radical (unpaired) electrons.